The smallest absolute Gasteiger partial charge is 0.330 e. The van der Waals surface area contributed by atoms with Crippen molar-refractivity contribution in [2.75, 3.05) is 11.5 Å². The molecule has 1 fully saturated rings. The second kappa shape index (κ2) is 6.18. The van der Waals surface area contributed by atoms with Crippen molar-refractivity contribution in [3.8, 4) is 0 Å². The van der Waals surface area contributed by atoms with Gasteiger partial charge in [-0.2, -0.15) is 11.8 Å². The number of carbonyl (C=O) groups excluding carboxylic acids is 1. The van der Waals surface area contributed by atoms with Gasteiger partial charge in [0.15, 0.2) is 0 Å². The molecule has 108 valence electrons. The molecule has 6 heteroatoms. The molecule has 2 rings (SSSR count). The Balaban J connectivity index is 2.04. The Kier molecular flexibility index (Phi) is 4.75. The lowest BCUT2D eigenvalue weighted by Gasteiger charge is -2.24. The van der Waals surface area contributed by atoms with E-state index in [4.69, 9.17) is 0 Å². The number of carboxylic acids is 1. The van der Waals surface area contributed by atoms with E-state index in [1.54, 1.807) is 11.8 Å². The van der Waals surface area contributed by atoms with Crippen LogP contribution in [0.4, 0.5) is 0 Å². The van der Waals surface area contributed by atoms with E-state index in [1.807, 2.05) is 25.1 Å². The fourth-order valence-electron chi connectivity index (χ4n) is 2.13. The van der Waals surface area contributed by atoms with Crippen LogP contribution >= 0.6 is 27.7 Å². The highest BCUT2D eigenvalue weighted by atomic mass is 79.9. The van der Waals surface area contributed by atoms with E-state index in [-0.39, 0.29) is 12.3 Å². The monoisotopic (exact) mass is 357 g/mol. The maximum Gasteiger partial charge on any atom is 0.330 e. The molecule has 0 aliphatic carbocycles. The Morgan fingerprint density at radius 1 is 1.50 bits per heavy atom. The van der Waals surface area contributed by atoms with Crippen molar-refractivity contribution in [3.63, 3.8) is 0 Å². The van der Waals surface area contributed by atoms with Gasteiger partial charge < -0.3 is 10.4 Å². The predicted molar refractivity (Wildman–Crippen MR) is 83.0 cm³/mol. The van der Waals surface area contributed by atoms with E-state index in [9.17, 15) is 14.7 Å². The summed E-state index contributed by atoms with van der Waals surface area (Å²) in [6.45, 7) is 1.98. The Morgan fingerprint density at radius 2 is 2.25 bits per heavy atom. The molecular formula is C14H16BrNO3S. The first-order chi connectivity index (χ1) is 9.43. The fraction of sp³-hybridized carbons (Fsp3) is 0.429. The second-order valence-electron chi connectivity index (χ2n) is 5.00. The first kappa shape index (κ1) is 15.4. The van der Waals surface area contributed by atoms with Crippen molar-refractivity contribution in [1.82, 2.24) is 5.32 Å². The average molecular weight is 358 g/mol. The van der Waals surface area contributed by atoms with E-state index in [1.165, 1.54) is 0 Å². The molecule has 0 saturated carbocycles. The van der Waals surface area contributed by atoms with E-state index in [0.29, 0.717) is 12.2 Å². The number of thioether (sulfide) groups is 1. The minimum absolute atomic E-state index is 0.193. The third-order valence-electron chi connectivity index (χ3n) is 3.41. The number of amides is 1. The Hall–Kier alpha value is -1.01. The van der Waals surface area contributed by atoms with Crippen LogP contribution in [0.5, 0.6) is 0 Å². The van der Waals surface area contributed by atoms with E-state index >= 15 is 0 Å². The lowest BCUT2D eigenvalue weighted by atomic mass is 9.98. The molecule has 1 aromatic carbocycles. The number of benzene rings is 1. The van der Waals surface area contributed by atoms with E-state index < -0.39 is 11.5 Å². The van der Waals surface area contributed by atoms with Crippen LogP contribution in [0.2, 0.25) is 0 Å². The summed E-state index contributed by atoms with van der Waals surface area (Å²) in [6.07, 6.45) is 0.676. The molecule has 1 unspecified atom stereocenters. The lowest BCUT2D eigenvalue weighted by Crippen LogP contribution is -2.55. The molecule has 1 atom stereocenters. The largest absolute Gasteiger partial charge is 0.479 e. The van der Waals surface area contributed by atoms with Gasteiger partial charge in [-0.05, 0) is 36.3 Å². The molecular weight excluding hydrogens is 342 g/mol. The van der Waals surface area contributed by atoms with Crippen molar-refractivity contribution in [2.45, 2.75) is 25.3 Å². The van der Waals surface area contributed by atoms with Crippen molar-refractivity contribution in [2.24, 2.45) is 0 Å². The molecule has 1 saturated heterocycles. The zero-order valence-electron chi connectivity index (χ0n) is 11.1. The summed E-state index contributed by atoms with van der Waals surface area (Å²) in [4.78, 5) is 23.4. The minimum atomic E-state index is -1.09. The molecule has 1 aliphatic rings. The number of carbonyl (C=O) groups is 2. The number of carboxylic acid groups (broad SMARTS) is 1. The van der Waals surface area contributed by atoms with Gasteiger partial charge in [-0.3, -0.25) is 4.79 Å². The second-order valence-corrected chi connectivity index (χ2v) is 6.96. The summed E-state index contributed by atoms with van der Waals surface area (Å²) in [7, 11) is 0. The number of hydrogen-bond donors (Lipinski definition) is 2. The molecule has 4 nitrogen and oxygen atoms in total. The highest BCUT2D eigenvalue weighted by Crippen LogP contribution is 2.28. The lowest BCUT2D eigenvalue weighted by molar-refractivity contribution is -0.146. The summed E-state index contributed by atoms with van der Waals surface area (Å²) < 4.78 is 0.951. The normalized spacial score (nSPS) is 21.7. The van der Waals surface area contributed by atoms with Crippen LogP contribution in [0.3, 0.4) is 0 Å². The number of nitrogens with one attached hydrogen (secondary N) is 1. The van der Waals surface area contributed by atoms with Crippen molar-refractivity contribution in [3.05, 3.63) is 33.8 Å². The topological polar surface area (TPSA) is 66.4 Å². The van der Waals surface area contributed by atoms with Gasteiger partial charge in [-0.1, -0.05) is 28.1 Å². The minimum Gasteiger partial charge on any atom is -0.479 e. The highest BCUT2D eigenvalue weighted by molar-refractivity contribution is 9.10. The van der Waals surface area contributed by atoms with Crippen molar-refractivity contribution < 1.29 is 14.7 Å². The third-order valence-corrected chi connectivity index (χ3v) is 5.45. The number of aryl methyl sites for hydroxylation is 1. The first-order valence-electron chi connectivity index (χ1n) is 6.30. The zero-order valence-corrected chi connectivity index (χ0v) is 13.5. The Labute approximate surface area is 130 Å². The van der Waals surface area contributed by atoms with Gasteiger partial charge in [0, 0.05) is 10.2 Å². The third kappa shape index (κ3) is 3.35. The van der Waals surface area contributed by atoms with Crippen molar-refractivity contribution in [1.29, 1.82) is 0 Å². The molecule has 0 aromatic heterocycles. The molecule has 0 radical (unpaired) electrons. The van der Waals surface area contributed by atoms with Crippen LogP contribution in [0, 0.1) is 6.92 Å². The van der Waals surface area contributed by atoms with Crippen LogP contribution in [0.1, 0.15) is 17.5 Å². The number of aliphatic carboxylic acids is 1. The summed E-state index contributed by atoms with van der Waals surface area (Å²) in [5, 5.41) is 12.0. The van der Waals surface area contributed by atoms with Gasteiger partial charge in [0.25, 0.3) is 0 Å². The van der Waals surface area contributed by atoms with Crippen molar-refractivity contribution >= 4 is 39.6 Å². The first-order valence-corrected chi connectivity index (χ1v) is 8.25. The van der Waals surface area contributed by atoms with Gasteiger partial charge >= 0.3 is 5.97 Å². The van der Waals surface area contributed by atoms with E-state index in [0.717, 1.165) is 21.4 Å². The maximum atomic E-state index is 12.1. The number of rotatable bonds is 4. The number of hydrogen-bond acceptors (Lipinski definition) is 3. The quantitative estimate of drug-likeness (QED) is 0.867. The molecule has 1 aliphatic heterocycles. The summed E-state index contributed by atoms with van der Waals surface area (Å²) in [6, 6.07) is 5.72. The summed E-state index contributed by atoms with van der Waals surface area (Å²) in [5.74, 6) is 0.0144. The average Bonchev–Trinajstić information content (AvgIpc) is 2.83. The van der Waals surface area contributed by atoms with Gasteiger partial charge in [-0.15, -0.1) is 0 Å². The van der Waals surface area contributed by atoms with Crippen LogP contribution in [-0.2, 0) is 16.0 Å². The van der Waals surface area contributed by atoms with Crippen LogP contribution in [0.15, 0.2) is 22.7 Å². The predicted octanol–water partition coefficient (Wildman–Crippen LogP) is 2.38. The molecule has 2 N–H and O–H groups in total. The van der Waals surface area contributed by atoms with Gasteiger partial charge in [-0.25, -0.2) is 4.79 Å². The van der Waals surface area contributed by atoms with Crippen LogP contribution in [-0.4, -0.2) is 34.0 Å². The van der Waals surface area contributed by atoms with Crippen LogP contribution < -0.4 is 5.32 Å². The summed E-state index contributed by atoms with van der Waals surface area (Å²) in [5.41, 5.74) is 0.874. The van der Waals surface area contributed by atoms with Crippen LogP contribution in [0.25, 0.3) is 0 Å². The molecule has 1 amide bonds. The SMILES string of the molecule is Cc1ccc(CC(=O)NC2(C(=O)O)CCSC2)cc1Br. The maximum absolute atomic E-state index is 12.1. The number of halogens is 1. The highest BCUT2D eigenvalue weighted by Gasteiger charge is 2.43. The molecule has 1 heterocycles. The molecule has 0 bridgehead atoms. The van der Waals surface area contributed by atoms with Gasteiger partial charge in [0.05, 0.1) is 6.42 Å². The standard InChI is InChI=1S/C14H16BrNO3S/c1-9-2-3-10(6-11(9)15)7-12(17)16-14(13(18)19)4-5-20-8-14/h2-3,6H,4-5,7-8H2,1H3,(H,16,17)(H,18,19). The molecule has 20 heavy (non-hydrogen) atoms. The Bertz CT molecular complexity index is 541. The fourth-order valence-corrected chi connectivity index (χ4v) is 3.88. The Morgan fingerprint density at radius 3 is 2.80 bits per heavy atom. The molecule has 0 spiro atoms. The van der Waals surface area contributed by atoms with E-state index in [2.05, 4.69) is 21.2 Å². The molecule has 1 aromatic rings. The zero-order chi connectivity index (χ0) is 14.8. The van der Waals surface area contributed by atoms with Gasteiger partial charge in [0.2, 0.25) is 5.91 Å². The summed E-state index contributed by atoms with van der Waals surface area (Å²) >= 11 is 4.99. The van der Waals surface area contributed by atoms with Gasteiger partial charge in [0.1, 0.15) is 5.54 Å².